The fourth-order valence-electron chi connectivity index (χ4n) is 2.66. The molecule has 1 aromatic heterocycles. The van der Waals surface area contributed by atoms with E-state index < -0.39 is 10.0 Å². The molecule has 0 aliphatic heterocycles. The van der Waals surface area contributed by atoms with Gasteiger partial charge in [-0.05, 0) is 24.1 Å². The van der Waals surface area contributed by atoms with E-state index in [-0.39, 0.29) is 4.90 Å². The molecule has 0 radical (unpaired) electrons. The van der Waals surface area contributed by atoms with Crippen molar-refractivity contribution in [3.05, 3.63) is 66.4 Å². The highest BCUT2D eigenvalue weighted by molar-refractivity contribution is 7.89. The Hall–Kier alpha value is -2.64. The molecule has 0 spiro atoms. The van der Waals surface area contributed by atoms with Gasteiger partial charge in [-0.2, -0.15) is 5.10 Å². The lowest BCUT2D eigenvalue weighted by atomic mass is 10.1. The second-order valence-corrected chi connectivity index (χ2v) is 7.61. The van der Waals surface area contributed by atoms with Crippen molar-refractivity contribution in [3.8, 4) is 17.0 Å². The molecule has 0 amide bonds. The number of methoxy groups -OCH3 is 1. The highest BCUT2D eigenvalue weighted by Gasteiger charge is 2.22. The minimum atomic E-state index is -3.66. The molecule has 0 aliphatic rings. The molecular formula is C19H21N3O3S. The van der Waals surface area contributed by atoms with Crippen molar-refractivity contribution in [3.63, 3.8) is 0 Å². The van der Waals surface area contributed by atoms with Crippen LogP contribution in [0.4, 0.5) is 0 Å². The molecule has 3 aromatic rings. The Morgan fingerprint density at radius 3 is 2.42 bits per heavy atom. The average Bonchev–Trinajstić information content (AvgIpc) is 3.06. The number of aryl methyl sites for hydroxylation is 1. The summed E-state index contributed by atoms with van der Waals surface area (Å²) in [5.41, 5.74) is 2.25. The quantitative estimate of drug-likeness (QED) is 0.693. The molecule has 0 atom stereocenters. The molecule has 136 valence electrons. The van der Waals surface area contributed by atoms with Crippen molar-refractivity contribution >= 4 is 10.0 Å². The van der Waals surface area contributed by atoms with Crippen LogP contribution in [-0.2, 0) is 23.5 Å². The molecule has 1 N–H and O–H groups in total. The fraction of sp³-hybridized carbons (Fsp3) is 0.211. The van der Waals surface area contributed by atoms with Crippen LogP contribution < -0.4 is 9.46 Å². The topological polar surface area (TPSA) is 73.2 Å². The van der Waals surface area contributed by atoms with Gasteiger partial charge in [-0.3, -0.25) is 4.68 Å². The predicted molar refractivity (Wildman–Crippen MR) is 101 cm³/mol. The Balaban J connectivity index is 1.74. The molecule has 0 fully saturated rings. The first-order valence-electron chi connectivity index (χ1n) is 8.21. The first-order chi connectivity index (χ1) is 12.5. The van der Waals surface area contributed by atoms with E-state index >= 15 is 0 Å². The SMILES string of the molecule is COc1ccc(CCNS(=O)(=O)c2cn(C)nc2-c2ccccc2)cc1. The van der Waals surface area contributed by atoms with Crippen molar-refractivity contribution in [2.45, 2.75) is 11.3 Å². The van der Waals surface area contributed by atoms with Gasteiger partial charge < -0.3 is 4.74 Å². The van der Waals surface area contributed by atoms with Gasteiger partial charge >= 0.3 is 0 Å². The van der Waals surface area contributed by atoms with E-state index in [0.717, 1.165) is 16.9 Å². The van der Waals surface area contributed by atoms with Crippen molar-refractivity contribution in [1.82, 2.24) is 14.5 Å². The number of aromatic nitrogens is 2. The lowest BCUT2D eigenvalue weighted by Gasteiger charge is -2.07. The van der Waals surface area contributed by atoms with Gasteiger partial charge in [-0.25, -0.2) is 13.1 Å². The lowest BCUT2D eigenvalue weighted by molar-refractivity contribution is 0.414. The molecule has 2 aromatic carbocycles. The maximum absolute atomic E-state index is 12.7. The van der Waals surface area contributed by atoms with Crippen molar-refractivity contribution < 1.29 is 13.2 Å². The minimum Gasteiger partial charge on any atom is -0.497 e. The lowest BCUT2D eigenvalue weighted by Crippen LogP contribution is -2.26. The van der Waals surface area contributed by atoms with E-state index in [1.54, 1.807) is 14.2 Å². The summed E-state index contributed by atoms with van der Waals surface area (Å²) in [6, 6.07) is 16.9. The average molecular weight is 371 g/mol. The zero-order valence-corrected chi connectivity index (χ0v) is 15.5. The minimum absolute atomic E-state index is 0.181. The summed E-state index contributed by atoms with van der Waals surface area (Å²) < 4.78 is 34.8. The van der Waals surface area contributed by atoms with Crippen LogP contribution in [-0.4, -0.2) is 31.9 Å². The maximum atomic E-state index is 12.7. The third-order valence-electron chi connectivity index (χ3n) is 4.00. The first kappa shape index (κ1) is 18.2. The molecule has 0 saturated carbocycles. The van der Waals surface area contributed by atoms with E-state index in [0.29, 0.717) is 18.7 Å². The fourth-order valence-corrected chi connectivity index (χ4v) is 3.89. The largest absolute Gasteiger partial charge is 0.497 e. The molecular weight excluding hydrogens is 350 g/mol. The first-order valence-corrected chi connectivity index (χ1v) is 9.69. The highest BCUT2D eigenvalue weighted by Crippen LogP contribution is 2.25. The summed E-state index contributed by atoms with van der Waals surface area (Å²) in [5, 5.41) is 4.32. The molecule has 3 rings (SSSR count). The number of nitrogens with zero attached hydrogens (tertiary/aromatic N) is 2. The Morgan fingerprint density at radius 2 is 1.77 bits per heavy atom. The summed E-state index contributed by atoms with van der Waals surface area (Å²) >= 11 is 0. The van der Waals surface area contributed by atoms with Gasteiger partial charge in [0.25, 0.3) is 0 Å². The highest BCUT2D eigenvalue weighted by atomic mass is 32.2. The van der Waals surface area contributed by atoms with E-state index in [1.807, 2.05) is 54.6 Å². The summed E-state index contributed by atoms with van der Waals surface area (Å²) in [4.78, 5) is 0.181. The second-order valence-electron chi connectivity index (χ2n) is 5.88. The van der Waals surface area contributed by atoms with Gasteiger partial charge in [0.1, 0.15) is 16.3 Å². The van der Waals surface area contributed by atoms with Gasteiger partial charge in [0.2, 0.25) is 10.0 Å². The normalized spacial score (nSPS) is 11.5. The van der Waals surface area contributed by atoms with E-state index in [9.17, 15) is 8.42 Å². The zero-order chi connectivity index (χ0) is 18.6. The summed E-state index contributed by atoms with van der Waals surface area (Å²) in [5.74, 6) is 0.775. The number of benzene rings is 2. The summed E-state index contributed by atoms with van der Waals surface area (Å²) in [6.07, 6.45) is 2.11. The van der Waals surface area contributed by atoms with Crippen molar-refractivity contribution in [1.29, 1.82) is 0 Å². The number of rotatable bonds is 7. The van der Waals surface area contributed by atoms with Crippen LogP contribution in [0.1, 0.15) is 5.56 Å². The van der Waals surface area contributed by atoms with Crippen LogP contribution in [0.25, 0.3) is 11.3 Å². The zero-order valence-electron chi connectivity index (χ0n) is 14.7. The van der Waals surface area contributed by atoms with E-state index in [1.165, 1.54) is 10.9 Å². The predicted octanol–water partition coefficient (Wildman–Crippen LogP) is 2.62. The Bertz CT molecular complexity index is 965. The Labute approximate surface area is 153 Å². The van der Waals surface area contributed by atoms with Gasteiger partial charge in [-0.1, -0.05) is 42.5 Å². The second kappa shape index (κ2) is 7.72. The third kappa shape index (κ3) is 4.12. The van der Waals surface area contributed by atoms with Gasteiger partial charge in [-0.15, -0.1) is 0 Å². The molecule has 0 bridgehead atoms. The van der Waals surface area contributed by atoms with Crippen LogP contribution in [0.2, 0.25) is 0 Å². The molecule has 0 unspecified atom stereocenters. The van der Waals surface area contributed by atoms with Crippen LogP contribution in [0, 0.1) is 0 Å². The van der Waals surface area contributed by atoms with E-state index in [2.05, 4.69) is 9.82 Å². The molecule has 6 nitrogen and oxygen atoms in total. The third-order valence-corrected chi connectivity index (χ3v) is 5.46. The molecule has 0 saturated heterocycles. The van der Waals surface area contributed by atoms with Crippen LogP contribution in [0.3, 0.4) is 0 Å². The van der Waals surface area contributed by atoms with Crippen molar-refractivity contribution in [2.75, 3.05) is 13.7 Å². The van der Waals surface area contributed by atoms with Crippen LogP contribution in [0.15, 0.2) is 65.7 Å². The number of hydrogen-bond donors (Lipinski definition) is 1. The maximum Gasteiger partial charge on any atom is 0.244 e. The Kier molecular flexibility index (Phi) is 5.39. The monoisotopic (exact) mass is 371 g/mol. The van der Waals surface area contributed by atoms with Gasteiger partial charge in [0, 0.05) is 25.4 Å². The smallest absolute Gasteiger partial charge is 0.244 e. The van der Waals surface area contributed by atoms with Crippen LogP contribution in [0.5, 0.6) is 5.75 Å². The number of hydrogen-bond acceptors (Lipinski definition) is 4. The van der Waals surface area contributed by atoms with Gasteiger partial charge in [0.05, 0.1) is 7.11 Å². The molecule has 1 heterocycles. The van der Waals surface area contributed by atoms with E-state index in [4.69, 9.17) is 4.74 Å². The Morgan fingerprint density at radius 1 is 1.08 bits per heavy atom. The van der Waals surface area contributed by atoms with Gasteiger partial charge in [0.15, 0.2) is 0 Å². The number of ether oxygens (including phenoxy) is 1. The van der Waals surface area contributed by atoms with Crippen LogP contribution >= 0.6 is 0 Å². The standard InChI is InChI=1S/C19H21N3O3S/c1-22-14-18(19(21-22)16-6-4-3-5-7-16)26(23,24)20-13-12-15-8-10-17(25-2)11-9-15/h3-11,14,20H,12-13H2,1-2H3. The summed E-state index contributed by atoms with van der Waals surface area (Å²) in [6.45, 7) is 0.303. The summed E-state index contributed by atoms with van der Waals surface area (Å²) in [7, 11) is -0.336. The molecule has 0 aliphatic carbocycles. The molecule has 7 heteroatoms. The molecule has 26 heavy (non-hydrogen) atoms. The number of sulfonamides is 1. The van der Waals surface area contributed by atoms with Crippen molar-refractivity contribution in [2.24, 2.45) is 7.05 Å². The number of nitrogens with one attached hydrogen (secondary N) is 1.